The Labute approximate surface area is 92.6 Å². The number of rotatable bonds is 0. The summed E-state index contributed by atoms with van der Waals surface area (Å²) in [6, 6.07) is 2.13. The Hall–Kier alpha value is -0.910. The van der Waals surface area contributed by atoms with Crippen LogP contribution in [0.3, 0.4) is 0 Å². The van der Waals surface area contributed by atoms with E-state index in [4.69, 9.17) is 4.74 Å². The average Bonchev–Trinajstić information content (AvgIpc) is 2.76. The number of hydrogen-bond donors (Lipinski definition) is 1. The summed E-state index contributed by atoms with van der Waals surface area (Å²) in [7, 11) is 1.50. The van der Waals surface area contributed by atoms with Crippen LogP contribution >= 0.6 is 11.3 Å². The Morgan fingerprint density at radius 3 is 3.27 bits per heavy atom. The number of nitrogens with two attached hydrogens (primary N) is 1. The van der Waals surface area contributed by atoms with Crippen LogP contribution in [0.25, 0.3) is 10.2 Å². The zero-order valence-electron chi connectivity index (χ0n) is 8.77. The van der Waals surface area contributed by atoms with Crippen molar-refractivity contribution in [1.29, 1.82) is 0 Å². The lowest BCUT2D eigenvalue weighted by Gasteiger charge is -1.99. The van der Waals surface area contributed by atoms with Crippen LogP contribution in [0.1, 0.15) is 12.1 Å². The minimum Gasteiger partial charge on any atom is -0.375 e. The third kappa shape index (κ3) is 1.90. The fourth-order valence-corrected chi connectivity index (χ4v) is 2.52. The van der Waals surface area contributed by atoms with Crippen LogP contribution in [0, 0.1) is 0 Å². The molecule has 15 heavy (non-hydrogen) atoms. The minimum atomic E-state index is 0.716. The van der Waals surface area contributed by atoms with E-state index in [1.54, 1.807) is 11.3 Å². The van der Waals surface area contributed by atoms with Gasteiger partial charge in [0, 0.05) is 18.5 Å². The van der Waals surface area contributed by atoms with Gasteiger partial charge in [-0.05, 0) is 24.9 Å². The highest BCUT2D eigenvalue weighted by atomic mass is 32.1. The highest BCUT2D eigenvalue weighted by Crippen LogP contribution is 2.25. The summed E-state index contributed by atoms with van der Waals surface area (Å²) < 4.78 is 7.59. The quantitative estimate of drug-likeness (QED) is 0.741. The van der Waals surface area contributed by atoms with Gasteiger partial charge in [-0.3, -0.25) is 4.68 Å². The van der Waals surface area contributed by atoms with E-state index >= 15 is 0 Å². The van der Waals surface area contributed by atoms with Gasteiger partial charge in [0.2, 0.25) is 0 Å². The molecule has 0 spiro atoms. The molecule has 0 atom stereocenters. The normalized spacial score (nSPS) is 15.3. The van der Waals surface area contributed by atoms with E-state index in [0.29, 0.717) is 6.61 Å². The predicted molar refractivity (Wildman–Crippen MR) is 62.0 cm³/mol. The van der Waals surface area contributed by atoms with Crippen molar-refractivity contribution >= 4 is 21.6 Å². The molecule has 0 unspecified atom stereocenters. The zero-order valence-corrected chi connectivity index (χ0v) is 9.59. The zero-order chi connectivity index (χ0) is 10.7. The molecule has 0 aromatic carbocycles. The molecule has 0 radical (unpaired) electrons. The molecule has 3 heterocycles. The van der Waals surface area contributed by atoms with Crippen LogP contribution in [0.15, 0.2) is 11.4 Å². The monoisotopic (exact) mass is 225 g/mol. The number of fused-ring (bicyclic) bond motifs is 3. The molecule has 0 fully saturated rings. The molecule has 0 amide bonds. The van der Waals surface area contributed by atoms with Crippen molar-refractivity contribution < 1.29 is 4.74 Å². The van der Waals surface area contributed by atoms with Crippen LogP contribution in [0.2, 0.25) is 0 Å². The third-order valence-corrected chi connectivity index (χ3v) is 3.17. The Morgan fingerprint density at radius 2 is 2.40 bits per heavy atom. The molecular weight excluding hydrogens is 210 g/mol. The van der Waals surface area contributed by atoms with E-state index in [1.165, 1.54) is 18.1 Å². The lowest BCUT2D eigenvalue weighted by atomic mass is 10.3. The Balaban J connectivity index is 0.000000404. The van der Waals surface area contributed by atoms with Gasteiger partial charge in [0.25, 0.3) is 0 Å². The largest absolute Gasteiger partial charge is 0.375 e. The fourth-order valence-electron chi connectivity index (χ4n) is 1.73. The molecule has 1 aliphatic rings. The molecule has 0 aliphatic carbocycles. The topological polar surface area (TPSA) is 53.1 Å². The van der Waals surface area contributed by atoms with Crippen molar-refractivity contribution in [2.24, 2.45) is 5.73 Å². The van der Waals surface area contributed by atoms with Crippen molar-refractivity contribution in [3.63, 3.8) is 0 Å². The number of ether oxygens (including phenoxy) is 1. The van der Waals surface area contributed by atoms with Crippen LogP contribution in [-0.2, 0) is 17.9 Å². The van der Waals surface area contributed by atoms with Crippen molar-refractivity contribution in [3.8, 4) is 0 Å². The number of hydrogen-bond acceptors (Lipinski definition) is 4. The molecule has 2 aromatic rings. The summed E-state index contributed by atoms with van der Waals surface area (Å²) in [5, 5.41) is 7.89. The minimum absolute atomic E-state index is 0.716. The van der Waals surface area contributed by atoms with E-state index in [2.05, 4.69) is 27.0 Å². The van der Waals surface area contributed by atoms with Gasteiger partial charge >= 0.3 is 0 Å². The maximum Gasteiger partial charge on any atom is 0.145 e. The van der Waals surface area contributed by atoms with Gasteiger partial charge in [-0.25, -0.2) is 0 Å². The Kier molecular flexibility index (Phi) is 3.35. The van der Waals surface area contributed by atoms with Gasteiger partial charge in [-0.1, -0.05) is 0 Å². The van der Waals surface area contributed by atoms with E-state index in [0.717, 1.165) is 24.4 Å². The first-order valence-corrected chi connectivity index (χ1v) is 5.91. The second-order valence-electron chi connectivity index (χ2n) is 3.22. The van der Waals surface area contributed by atoms with Crippen LogP contribution < -0.4 is 5.73 Å². The lowest BCUT2D eigenvalue weighted by molar-refractivity contribution is 0.125. The molecule has 5 heteroatoms. The number of aromatic nitrogens is 2. The second kappa shape index (κ2) is 4.74. The number of nitrogens with zero attached hydrogens (tertiary/aromatic N) is 2. The van der Waals surface area contributed by atoms with Gasteiger partial charge in [0.1, 0.15) is 4.83 Å². The molecular formula is C10H15N3OS. The van der Waals surface area contributed by atoms with E-state index in [9.17, 15) is 0 Å². The fraction of sp³-hybridized carbons (Fsp3) is 0.500. The molecule has 4 nitrogen and oxygen atoms in total. The van der Waals surface area contributed by atoms with Gasteiger partial charge in [-0.2, -0.15) is 5.10 Å². The summed E-state index contributed by atoms with van der Waals surface area (Å²) in [6.45, 7) is 2.57. The molecule has 3 rings (SSSR count). The number of thiophene rings is 1. The summed E-state index contributed by atoms with van der Waals surface area (Å²) in [6.07, 6.45) is 1.07. The van der Waals surface area contributed by atoms with E-state index in [-0.39, 0.29) is 0 Å². The van der Waals surface area contributed by atoms with Crippen molar-refractivity contribution in [2.75, 3.05) is 13.7 Å². The van der Waals surface area contributed by atoms with E-state index < -0.39 is 0 Å². The standard InChI is InChI=1S/C9H10N2OS.CH5N/c1-3-11-8(6-12-4-1)7-2-5-13-9(7)10-11;1-2/h2,5H,1,3-4,6H2;2H2,1H3. The molecule has 0 saturated heterocycles. The van der Waals surface area contributed by atoms with Gasteiger partial charge in [0.15, 0.2) is 0 Å². The van der Waals surface area contributed by atoms with E-state index in [1.807, 2.05) is 0 Å². The summed E-state index contributed by atoms with van der Waals surface area (Å²) in [5.74, 6) is 0. The summed E-state index contributed by atoms with van der Waals surface area (Å²) in [5.41, 5.74) is 5.74. The van der Waals surface area contributed by atoms with Crippen LogP contribution in [0.4, 0.5) is 0 Å². The maximum atomic E-state index is 5.50. The molecule has 82 valence electrons. The van der Waals surface area contributed by atoms with Crippen LogP contribution in [-0.4, -0.2) is 23.4 Å². The molecule has 2 aromatic heterocycles. The Morgan fingerprint density at radius 1 is 1.53 bits per heavy atom. The first-order valence-electron chi connectivity index (χ1n) is 5.03. The molecule has 0 saturated carbocycles. The van der Waals surface area contributed by atoms with Gasteiger partial charge in [-0.15, -0.1) is 11.3 Å². The first kappa shape index (κ1) is 10.6. The molecule has 1 aliphatic heterocycles. The summed E-state index contributed by atoms with van der Waals surface area (Å²) in [4.78, 5) is 1.14. The molecule has 2 N–H and O–H groups in total. The highest BCUT2D eigenvalue weighted by Gasteiger charge is 2.14. The van der Waals surface area contributed by atoms with Gasteiger partial charge < -0.3 is 10.5 Å². The van der Waals surface area contributed by atoms with Crippen molar-refractivity contribution in [1.82, 2.24) is 9.78 Å². The second-order valence-corrected chi connectivity index (χ2v) is 4.11. The third-order valence-electron chi connectivity index (χ3n) is 2.38. The summed E-state index contributed by atoms with van der Waals surface area (Å²) >= 11 is 1.70. The molecule has 0 bridgehead atoms. The first-order chi connectivity index (χ1) is 7.45. The smallest absolute Gasteiger partial charge is 0.145 e. The number of aryl methyl sites for hydroxylation is 1. The SMILES string of the molecule is CN.c1cc2c3n(nc2s1)CCCOC3. The predicted octanol–water partition coefficient (Wildman–Crippen LogP) is 1.59. The maximum absolute atomic E-state index is 5.50. The van der Waals surface area contributed by atoms with Crippen molar-refractivity contribution in [3.05, 3.63) is 17.1 Å². The lowest BCUT2D eigenvalue weighted by Crippen LogP contribution is -2.01. The van der Waals surface area contributed by atoms with Crippen LogP contribution in [0.5, 0.6) is 0 Å². The Bertz CT molecular complexity index is 435. The highest BCUT2D eigenvalue weighted by molar-refractivity contribution is 7.16. The van der Waals surface area contributed by atoms with Gasteiger partial charge in [0.05, 0.1) is 12.3 Å². The van der Waals surface area contributed by atoms with Crippen molar-refractivity contribution in [2.45, 2.75) is 19.6 Å². The average molecular weight is 225 g/mol.